The van der Waals surface area contributed by atoms with E-state index in [0.29, 0.717) is 17.1 Å². The summed E-state index contributed by atoms with van der Waals surface area (Å²) in [6.45, 7) is 0. The lowest BCUT2D eigenvalue weighted by molar-refractivity contribution is 0.145. The average Bonchev–Trinajstić information content (AvgIpc) is 2.30. The summed E-state index contributed by atoms with van der Waals surface area (Å²) >= 11 is 0. The Kier molecular flexibility index (Phi) is 3.95. The molecular weight excluding hydrogens is 194 g/mol. The van der Waals surface area contributed by atoms with E-state index >= 15 is 0 Å². The van der Waals surface area contributed by atoms with Crippen molar-refractivity contribution in [2.45, 2.75) is 6.10 Å². The zero-order valence-corrected chi connectivity index (χ0v) is 8.98. The van der Waals surface area contributed by atoms with E-state index in [1.54, 1.807) is 25.3 Å². The summed E-state index contributed by atoms with van der Waals surface area (Å²) in [4.78, 5) is 0. The van der Waals surface area contributed by atoms with Gasteiger partial charge >= 0.3 is 0 Å². The van der Waals surface area contributed by atoms with Crippen molar-refractivity contribution >= 4 is 0 Å². The first-order chi connectivity index (χ1) is 7.28. The molecule has 1 aromatic carbocycles. The van der Waals surface area contributed by atoms with Crippen molar-refractivity contribution in [3.8, 4) is 17.6 Å². The Labute approximate surface area is 89.0 Å². The van der Waals surface area contributed by atoms with E-state index in [-0.39, 0.29) is 0 Å². The SMILES string of the molecule is COc1cccc(C(C#N)OC)c1OC. The Morgan fingerprint density at radius 3 is 2.40 bits per heavy atom. The van der Waals surface area contributed by atoms with Crippen molar-refractivity contribution < 1.29 is 14.2 Å². The topological polar surface area (TPSA) is 51.5 Å². The summed E-state index contributed by atoms with van der Waals surface area (Å²) in [5.41, 5.74) is 0.668. The van der Waals surface area contributed by atoms with E-state index in [0.717, 1.165) is 0 Å². The van der Waals surface area contributed by atoms with Crippen molar-refractivity contribution in [2.75, 3.05) is 21.3 Å². The Balaban J connectivity index is 3.23. The second kappa shape index (κ2) is 5.23. The molecule has 4 heteroatoms. The first-order valence-electron chi connectivity index (χ1n) is 4.41. The Hall–Kier alpha value is -1.73. The summed E-state index contributed by atoms with van der Waals surface area (Å²) in [6, 6.07) is 7.37. The van der Waals surface area contributed by atoms with E-state index in [1.807, 2.05) is 6.07 Å². The number of nitriles is 1. The molecule has 0 aromatic heterocycles. The highest BCUT2D eigenvalue weighted by atomic mass is 16.5. The molecule has 0 fully saturated rings. The molecule has 1 unspecified atom stereocenters. The van der Waals surface area contributed by atoms with Crippen LogP contribution in [0.25, 0.3) is 0 Å². The summed E-state index contributed by atoms with van der Waals surface area (Å²) < 4.78 is 15.4. The van der Waals surface area contributed by atoms with Crippen molar-refractivity contribution in [1.82, 2.24) is 0 Å². The minimum absolute atomic E-state index is 0.536. The minimum atomic E-state index is -0.643. The molecule has 15 heavy (non-hydrogen) atoms. The summed E-state index contributed by atoms with van der Waals surface area (Å²) in [5.74, 6) is 1.13. The van der Waals surface area contributed by atoms with Crippen molar-refractivity contribution in [3.63, 3.8) is 0 Å². The third-order valence-corrected chi connectivity index (χ3v) is 2.07. The quantitative estimate of drug-likeness (QED) is 0.756. The molecule has 1 rings (SSSR count). The van der Waals surface area contributed by atoms with Crippen LogP contribution in [0.3, 0.4) is 0 Å². The number of benzene rings is 1. The number of hydrogen-bond donors (Lipinski definition) is 0. The Bertz CT molecular complexity index is 371. The van der Waals surface area contributed by atoms with Gasteiger partial charge in [-0.05, 0) is 6.07 Å². The van der Waals surface area contributed by atoms with E-state index in [4.69, 9.17) is 19.5 Å². The van der Waals surface area contributed by atoms with E-state index in [1.165, 1.54) is 14.2 Å². The Morgan fingerprint density at radius 2 is 1.93 bits per heavy atom. The molecule has 4 nitrogen and oxygen atoms in total. The lowest BCUT2D eigenvalue weighted by Crippen LogP contribution is -2.02. The fraction of sp³-hybridized carbons (Fsp3) is 0.364. The van der Waals surface area contributed by atoms with Crippen molar-refractivity contribution in [2.24, 2.45) is 0 Å². The summed E-state index contributed by atoms with van der Waals surface area (Å²) in [6.07, 6.45) is -0.643. The highest BCUT2D eigenvalue weighted by Gasteiger charge is 2.17. The van der Waals surface area contributed by atoms with Gasteiger partial charge in [0, 0.05) is 12.7 Å². The van der Waals surface area contributed by atoms with Gasteiger partial charge in [-0.15, -0.1) is 0 Å². The van der Waals surface area contributed by atoms with Gasteiger partial charge in [0.2, 0.25) is 0 Å². The molecule has 80 valence electrons. The summed E-state index contributed by atoms with van der Waals surface area (Å²) in [5, 5.41) is 8.89. The standard InChI is InChI=1S/C11H13NO3/c1-13-9-6-4-5-8(11(9)15-3)10(7-12)14-2/h4-6,10H,1-3H3. The maximum absolute atomic E-state index is 8.89. The van der Waals surface area contributed by atoms with Gasteiger partial charge in [0.15, 0.2) is 17.6 Å². The van der Waals surface area contributed by atoms with Crippen LogP contribution < -0.4 is 9.47 Å². The van der Waals surface area contributed by atoms with Crippen LogP contribution in [0.15, 0.2) is 18.2 Å². The van der Waals surface area contributed by atoms with E-state index in [9.17, 15) is 0 Å². The maximum Gasteiger partial charge on any atom is 0.172 e. The Morgan fingerprint density at radius 1 is 1.20 bits per heavy atom. The van der Waals surface area contributed by atoms with Crippen LogP contribution >= 0.6 is 0 Å². The molecule has 0 heterocycles. The monoisotopic (exact) mass is 207 g/mol. The molecule has 0 saturated heterocycles. The second-order valence-corrected chi connectivity index (χ2v) is 2.83. The van der Waals surface area contributed by atoms with Gasteiger partial charge in [-0.2, -0.15) is 5.26 Å². The van der Waals surface area contributed by atoms with Gasteiger partial charge in [0.25, 0.3) is 0 Å². The lowest BCUT2D eigenvalue weighted by Gasteiger charge is -2.14. The minimum Gasteiger partial charge on any atom is -0.493 e. The van der Waals surface area contributed by atoms with E-state index < -0.39 is 6.10 Å². The predicted molar refractivity (Wildman–Crippen MR) is 54.9 cm³/mol. The predicted octanol–water partition coefficient (Wildman–Crippen LogP) is 1.91. The molecule has 0 N–H and O–H groups in total. The number of nitrogens with zero attached hydrogens (tertiary/aromatic N) is 1. The molecule has 0 saturated carbocycles. The van der Waals surface area contributed by atoms with Crippen LogP contribution in [0, 0.1) is 11.3 Å². The first-order valence-corrected chi connectivity index (χ1v) is 4.41. The first kappa shape index (κ1) is 11.3. The van der Waals surface area contributed by atoms with E-state index in [2.05, 4.69) is 0 Å². The number of methoxy groups -OCH3 is 3. The average molecular weight is 207 g/mol. The molecule has 0 spiro atoms. The van der Waals surface area contributed by atoms with Crippen LogP contribution in [-0.4, -0.2) is 21.3 Å². The fourth-order valence-corrected chi connectivity index (χ4v) is 1.37. The molecule has 1 atom stereocenters. The summed E-state index contributed by atoms with van der Waals surface area (Å²) in [7, 11) is 4.56. The highest BCUT2D eigenvalue weighted by Crippen LogP contribution is 2.35. The number of hydrogen-bond acceptors (Lipinski definition) is 4. The van der Waals surface area contributed by atoms with Crippen LogP contribution in [0.2, 0.25) is 0 Å². The molecule has 0 bridgehead atoms. The third-order valence-electron chi connectivity index (χ3n) is 2.07. The molecule has 0 aliphatic rings. The molecule has 0 amide bonds. The van der Waals surface area contributed by atoms with Gasteiger partial charge in [0.1, 0.15) is 0 Å². The molecule has 0 aliphatic heterocycles. The highest BCUT2D eigenvalue weighted by molar-refractivity contribution is 5.48. The maximum atomic E-state index is 8.89. The van der Waals surface area contributed by atoms with Gasteiger partial charge in [-0.1, -0.05) is 12.1 Å². The molecule has 0 radical (unpaired) electrons. The van der Waals surface area contributed by atoms with Gasteiger partial charge < -0.3 is 14.2 Å². The van der Waals surface area contributed by atoms with Gasteiger partial charge in [0.05, 0.1) is 20.3 Å². The van der Waals surface area contributed by atoms with Crippen molar-refractivity contribution in [3.05, 3.63) is 23.8 Å². The zero-order chi connectivity index (χ0) is 11.3. The fourth-order valence-electron chi connectivity index (χ4n) is 1.37. The lowest BCUT2D eigenvalue weighted by atomic mass is 10.1. The van der Waals surface area contributed by atoms with Gasteiger partial charge in [-0.3, -0.25) is 0 Å². The van der Waals surface area contributed by atoms with Crippen LogP contribution in [0.4, 0.5) is 0 Å². The molecule has 0 aliphatic carbocycles. The van der Waals surface area contributed by atoms with Crippen LogP contribution in [-0.2, 0) is 4.74 Å². The normalized spacial score (nSPS) is 11.6. The zero-order valence-electron chi connectivity index (χ0n) is 8.98. The smallest absolute Gasteiger partial charge is 0.172 e. The molecular formula is C11H13NO3. The van der Waals surface area contributed by atoms with Crippen LogP contribution in [0.1, 0.15) is 11.7 Å². The second-order valence-electron chi connectivity index (χ2n) is 2.83. The number of ether oxygens (including phenoxy) is 3. The third kappa shape index (κ3) is 2.20. The molecule has 1 aromatic rings. The van der Waals surface area contributed by atoms with Crippen molar-refractivity contribution in [1.29, 1.82) is 5.26 Å². The van der Waals surface area contributed by atoms with Crippen LogP contribution in [0.5, 0.6) is 11.5 Å². The number of para-hydroxylation sites is 1. The van der Waals surface area contributed by atoms with Gasteiger partial charge in [-0.25, -0.2) is 0 Å². The number of rotatable bonds is 4. The largest absolute Gasteiger partial charge is 0.493 e.